The lowest BCUT2D eigenvalue weighted by Gasteiger charge is -2.33. The highest BCUT2D eigenvalue weighted by molar-refractivity contribution is 5.81. The monoisotopic (exact) mass is 295 g/mol. The Kier molecular flexibility index (Phi) is 5.41. The fourth-order valence-electron chi connectivity index (χ4n) is 2.20. The van der Waals surface area contributed by atoms with Gasteiger partial charge in [-0.15, -0.1) is 0 Å². The Hall–Kier alpha value is -1.79. The normalized spacial score (nSPS) is 20.0. The van der Waals surface area contributed by atoms with Crippen LogP contribution in [0.2, 0.25) is 0 Å². The molecule has 2 unspecified atom stereocenters. The fourth-order valence-corrected chi connectivity index (χ4v) is 2.20. The molecular weight excluding hydrogens is 274 g/mol. The summed E-state index contributed by atoms with van der Waals surface area (Å²) < 4.78 is 16.1. The van der Waals surface area contributed by atoms with E-state index in [1.165, 1.54) is 0 Å². The van der Waals surface area contributed by atoms with Gasteiger partial charge in [0.15, 0.2) is 6.10 Å². The first kappa shape index (κ1) is 15.6. The molecule has 1 saturated heterocycles. The third-order valence-electron chi connectivity index (χ3n) is 3.37. The van der Waals surface area contributed by atoms with Crippen LogP contribution in [0.4, 0.5) is 0 Å². The van der Waals surface area contributed by atoms with E-state index in [1.807, 2.05) is 0 Å². The van der Waals surface area contributed by atoms with Gasteiger partial charge in [0, 0.05) is 13.1 Å². The SMILES string of the molecule is COc1ccc(OC(C)C(=O)N2CCOC(CO)C2)cc1. The number of benzene rings is 1. The van der Waals surface area contributed by atoms with Crippen LogP contribution in [-0.2, 0) is 9.53 Å². The maximum atomic E-state index is 12.3. The van der Waals surface area contributed by atoms with Crippen molar-refractivity contribution in [1.82, 2.24) is 4.90 Å². The van der Waals surface area contributed by atoms with Crippen LogP contribution in [0.1, 0.15) is 6.92 Å². The first-order valence-electron chi connectivity index (χ1n) is 6.96. The summed E-state index contributed by atoms with van der Waals surface area (Å²) >= 11 is 0. The van der Waals surface area contributed by atoms with Crippen LogP contribution in [0.5, 0.6) is 11.5 Å². The smallest absolute Gasteiger partial charge is 0.263 e. The average molecular weight is 295 g/mol. The van der Waals surface area contributed by atoms with E-state index in [4.69, 9.17) is 19.3 Å². The van der Waals surface area contributed by atoms with Gasteiger partial charge in [0.1, 0.15) is 11.5 Å². The number of carbonyl (C=O) groups excluding carboxylic acids is 1. The molecule has 0 radical (unpaired) electrons. The van der Waals surface area contributed by atoms with Crippen molar-refractivity contribution in [2.45, 2.75) is 19.1 Å². The minimum atomic E-state index is -0.587. The highest BCUT2D eigenvalue weighted by Crippen LogP contribution is 2.19. The first-order chi connectivity index (χ1) is 10.1. The Morgan fingerprint density at radius 2 is 2.10 bits per heavy atom. The van der Waals surface area contributed by atoms with Gasteiger partial charge in [-0.3, -0.25) is 4.79 Å². The molecule has 1 aliphatic heterocycles. The van der Waals surface area contributed by atoms with Gasteiger partial charge in [-0.05, 0) is 31.2 Å². The summed E-state index contributed by atoms with van der Waals surface area (Å²) in [4.78, 5) is 14.0. The largest absolute Gasteiger partial charge is 0.497 e. The van der Waals surface area contributed by atoms with Crippen LogP contribution in [0.3, 0.4) is 0 Å². The van der Waals surface area contributed by atoms with E-state index in [2.05, 4.69) is 0 Å². The second-order valence-electron chi connectivity index (χ2n) is 4.90. The van der Waals surface area contributed by atoms with E-state index in [-0.39, 0.29) is 18.6 Å². The Balaban J connectivity index is 1.92. The second kappa shape index (κ2) is 7.28. The summed E-state index contributed by atoms with van der Waals surface area (Å²) in [5.41, 5.74) is 0. The Labute approximate surface area is 124 Å². The number of rotatable bonds is 5. The second-order valence-corrected chi connectivity index (χ2v) is 4.90. The zero-order chi connectivity index (χ0) is 15.2. The van der Waals surface area contributed by atoms with Gasteiger partial charge in [-0.1, -0.05) is 0 Å². The zero-order valence-electron chi connectivity index (χ0n) is 12.3. The molecule has 1 aromatic carbocycles. The van der Waals surface area contributed by atoms with E-state index in [1.54, 1.807) is 43.2 Å². The molecule has 1 fully saturated rings. The summed E-state index contributed by atoms with van der Waals surface area (Å²) in [7, 11) is 1.60. The molecule has 0 aliphatic carbocycles. The summed E-state index contributed by atoms with van der Waals surface area (Å²) in [6.45, 7) is 2.98. The first-order valence-corrected chi connectivity index (χ1v) is 6.96. The van der Waals surface area contributed by atoms with Crippen molar-refractivity contribution >= 4 is 5.91 Å². The highest BCUT2D eigenvalue weighted by atomic mass is 16.5. The Bertz CT molecular complexity index is 462. The molecule has 116 valence electrons. The lowest BCUT2D eigenvalue weighted by Crippen LogP contribution is -2.50. The quantitative estimate of drug-likeness (QED) is 0.865. The molecule has 1 heterocycles. The summed E-state index contributed by atoms with van der Waals surface area (Å²) in [6, 6.07) is 7.09. The minimum absolute atomic E-state index is 0.0858. The predicted octanol–water partition coefficient (Wildman–Crippen LogP) is 0.682. The Morgan fingerprint density at radius 1 is 1.43 bits per heavy atom. The molecule has 21 heavy (non-hydrogen) atoms. The van der Waals surface area contributed by atoms with Gasteiger partial charge < -0.3 is 24.2 Å². The molecule has 0 saturated carbocycles. The van der Waals surface area contributed by atoms with Gasteiger partial charge in [0.2, 0.25) is 0 Å². The number of ether oxygens (including phenoxy) is 3. The average Bonchev–Trinajstić information content (AvgIpc) is 2.54. The van der Waals surface area contributed by atoms with E-state index in [0.717, 1.165) is 5.75 Å². The molecule has 1 amide bonds. The van der Waals surface area contributed by atoms with Crippen molar-refractivity contribution in [3.05, 3.63) is 24.3 Å². The standard InChI is InChI=1S/C15H21NO5/c1-11(21-13-5-3-12(19-2)4-6-13)15(18)16-7-8-20-14(9-16)10-17/h3-6,11,14,17H,7-10H2,1-2H3. The van der Waals surface area contributed by atoms with Crippen LogP contribution < -0.4 is 9.47 Å². The summed E-state index contributed by atoms with van der Waals surface area (Å²) in [6.07, 6.45) is -0.897. The van der Waals surface area contributed by atoms with Gasteiger partial charge in [0.05, 0.1) is 26.4 Å². The number of hydrogen-bond donors (Lipinski definition) is 1. The van der Waals surface area contributed by atoms with Crippen LogP contribution in [-0.4, -0.2) is 61.5 Å². The maximum absolute atomic E-state index is 12.3. The lowest BCUT2D eigenvalue weighted by atomic mass is 10.2. The highest BCUT2D eigenvalue weighted by Gasteiger charge is 2.27. The van der Waals surface area contributed by atoms with Gasteiger partial charge in [-0.2, -0.15) is 0 Å². The van der Waals surface area contributed by atoms with Crippen molar-refractivity contribution in [3.63, 3.8) is 0 Å². The van der Waals surface area contributed by atoms with E-state index < -0.39 is 6.10 Å². The number of aliphatic hydroxyl groups is 1. The van der Waals surface area contributed by atoms with E-state index in [0.29, 0.717) is 25.4 Å². The summed E-state index contributed by atoms with van der Waals surface area (Å²) in [5, 5.41) is 9.11. The number of amides is 1. The number of morpholine rings is 1. The molecular formula is C15H21NO5. The fraction of sp³-hybridized carbons (Fsp3) is 0.533. The number of aliphatic hydroxyl groups excluding tert-OH is 1. The van der Waals surface area contributed by atoms with Crippen molar-refractivity contribution in [1.29, 1.82) is 0 Å². The molecule has 6 heteroatoms. The number of hydrogen-bond acceptors (Lipinski definition) is 5. The molecule has 1 N–H and O–H groups in total. The molecule has 6 nitrogen and oxygen atoms in total. The third-order valence-corrected chi connectivity index (χ3v) is 3.37. The van der Waals surface area contributed by atoms with Crippen LogP contribution in [0.25, 0.3) is 0 Å². The zero-order valence-corrected chi connectivity index (χ0v) is 12.3. The number of carbonyl (C=O) groups is 1. The van der Waals surface area contributed by atoms with Crippen LogP contribution in [0, 0.1) is 0 Å². The topological polar surface area (TPSA) is 68.2 Å². The van der Waals surface area contributed by atoms with E-state index >= 15 is 0 Å². The molecule has 1 aliphatic rings. The van der Waals surface area contributed by atoms with Gasteiger partial charge in [0.25, 0.3) is 5.91 Å². The Morgan fingerprint density at radius 3 is 2.71 bits per heavy atom. The molecule has 0 spiro atoms. The van der Waals surface area contributed by atoms with Crippen molar-refractivity contribution in [2.75, 3.05) is 33.4 Å². The van der Waals surface area contributed by atoms with Crippen LogP contribution in [0.15, 0.2) is 24.3 Å². The lowest BCUT2D eigenvalue weighted by molar-refractivity contribution is -0.146. The molecule has 1 aromatic rings. The van der Waals surface area contributed by atoms with Crippen LogP contribution >= 0.6 is 0 Å². The van der Waals surface area contributed by atoms with Gasteiger partial charge in [-0.25, -0.2) is 0 Å². The maximum Gasteiger partial charge on any atom is 0.263 e. The third kappa shape index (κ3) is 4.09. The predicted molar refractivity (Wildman–Crippen MR) is 76.5 cm³/mol. The molecule has 2 atom stereocenters. The van der Waals surface area contributed by atoms with E-state index in [9.17, 15) is 4.79 Å². The number of methoxy groups -OCH3 is 1. The molecule has 2 rings (SSSR count). The summed E-state index contributed by atoms with van der Waals surface area (Å²) in [5.74, 6) is 1.25. The van der Waals surface area contributed by atoms with Crippen molar-refractivity contribution in [3.8, 4) is 11.5 Å². The van der Waals surface area contributed by atoms with Crippen molar-refractivity contribution < 1.29 is 24.1 Å². The van der Waals surface area contributed by atoms with Crippen molar-refractivity contribution in [2.24, 2.45) is 0 Å². The molecule has 0 bridgehead atoms. The minimum Gasteiger partial charge on any atom is -0.497 e. The number of nitrogens with zero attached hydrogens (tertiary/aromatic N) is 1. The molecule has 0 aromatic heterocycles. The van der Waals surface area contributed by atoms with Gasteiger partial charge >= 0.3 is 0 Å².